The summed E-state index contributed by atoms with van der Waals surface area (Å²) >= 11 is 5.34. The van der Waals surface area contributed by atoms with Crippen molar-refractivity contribution in [3.05, 3.63) is 0 Å². The normalized spacial score (nSPS) is 49.2. The molecule has 3 nitrogen and oxygen atoms in total. The smallest absolute Gasteiger partial charge is 0.108 e. The van der Waals surface area contributed by atoms with Crippen LogP contribution in [0, 0.1) is 0 Å². The van der Waals surface area contributed by atoms with Crippen molar-refractivity contribution in [2.75, 3.05) is 5.75 Å². The highest BCUT2D eigenvalue weighted by molar-refractivity contribution is 8.10. The van der Waals surface area contributed by atoms with Crippen LogP contribution in [-0.2, 0) is 0 Å². The van der Waals surface area contributed by atoms with Gasteiger partial charge in [-0.05, 0) is 0 Å². The molecule has 1 heterocycles. The molecule has 0 unspecified atom stereocenters. The minimum absolute atomic E-state index is 0.279. The summed E-state index contributed by atoms with van der Waals surface area (Å²) in [5, 5.41) is 27.2. The van der Waals surface area contributed by atoms with Crippen molar-refractivity contribution in [3.8, 4) is 0 Å². The molecule has 0 aromatic rings. The van der Waals surface area contributed by atoms with Gasteiger partial charge in [-0.1, -0.05) is 0 Å². The van der Waals surface area contributed by atoms with Crippen LogP contribution in [0.5, 0.6) is 0 Å². The first kappa shape index (κ1) is 8.67. The van der Waals surface area contributed by atoms with Crippen LogP contribution < -0.4 is 0 Å². The Morgan fingerprint density at radius 3 is 2.30 bits per heavy atom. The van der Waals surface area contributed by atoms with Crippen molar-refractivity contribution >= 4 is 24.4 Å². The Morgan fingerprint density at radius 1 is 1.20 bits per heavy atom. The van der Waals surface area contributed by atoms with Gasteiger partial charge in [0.15, 0.2) is 0 Å². The van der Waals surface area contributed by atoms with Gasteiger partial charge in [-0.25, -0.2) is 0 Å². The molecule has 0 spiro atoms. The summed E-state index contributed by atoms with van der Waals surface area (Å²) in [7, 11) is 0. The third-order valence-electron chi connectivity index (χ3n) is 1.47. The average Bonchev–Trinajstić information content (AvgIpc) is 1.93. The van der Waals surface area contributed by atoms with Gasteiger partial charge in [0.05, 0.1) is 10.7 Å². The molecule has 3 N–H and O–H groups in total. The second kappa shape index (κ2) is 3.32. The predicted octanol–water partition coefficient (Wildman–Crippen LogP) is -0.928. The number of rotatable bonds is 0. The third-order valence-corrected chi connectivity index (χ3v) is 3.38. The summed E-state index contributed by atoms with van der Waals surface area (Å²) in [6, 6.07) is 0. The number of aliphatic hydroxyl groups excluding tert-OH is 3. The van der Waals surface area contributed by atoms with Crippen molar-refractivity contribution in [1.82, 2.24) is 0 Å². The molecule has 1 aliphatic heterocycles. The van der Waals surface area contributed by atoms with Gasteiger partial charge in [0.1, 0.15) is 12.2 Å². The highest BCUT2D eigenvalue weighted by Gasteiger charge is 2.34. The average molecular weight is 182 g/mol. The zero-order valence-electron chi connectivity index (χ0n) is 5.21. The topological polar surface area (TPSA) is 60.7 Å². The van der Waals surface area contributed by atoms with E-state index in [1.165, 1.54) is 11.8 Å². The van der Waals surface area contributed by atoms with Crippen LogP contribution in [0.15, 0.2) is 0 Å². The predicted molar refractivity (Wildman–Crippen MR) is 43.3 cm³/mol. The van der Waals surface area contributed by atoms with E-state index in [1.54, 1.807) is 0 Å². The summed E-state index contributed by atoms with van der Waals surface area (Å²) < 4.78 is -0.279. The van der Waals surface area contributed by atoms with Crippen molar-refractivity contribution in [3.63, 3.8) is 0 Å². The molecule has 1 fully saturated rings. The van der Waals surface area contributed by atoms with E-state index in [0.29, 0.717) is 5.75 Å². The van der Waals surface area contributed by atoms with Gasteiger partial charge in [0, 0.05) is 5.75 Å². The first-order valence-electron chi connectivity index (χ1n) is 2.97. The molecule has 0 amide bonds. The lowest BCUT2D eigenvalue weighted by Crippen LogP contribution is -2.47. The number of hydrogen-bond acceptors (Lipinski definition) is 5. The summed E-state index contributed by atoms with van der Waals surface area (Å²) in [5.74, 6) is 0.437. The molecule has 1 saturated heterocycles. The highest BCUT2D eigenvalue weighted by atomic mass is 32.2. The fraction of sp³-hybridized carbons (Fsp3) is 1.00. The van der Waals surface area contributed by atoms with Gasteiger partial charge in [0.25, 0.3) is 0 Å². The second-order valence-corrected chi connectivity index (χ2v) is 4.35. The van der Waals surface area contributed by atoms with Crippen molar-refractivity contribution in [1.29, 1.82) is 0 Å². The Balaban J connectivity index is 2.52. The van der Waals surface area contributed by atoms with Crippen LogP contribution in [0.3, 0.4) is 0 Å². The molecule has 0 aliphatic carbocycles. The highest BCUT2D eigenvalue weighted by Crippen LogP contribution is 2.28. The van der Waals surface area contributed by atoms with E-state index in [-0.39, 0.29) is 4.58 Å². The van der Waals surface area contributed by atoms with Gasteiger partial charge in [-0.3, -0.25) is 0 Å². The first-order chi connectivity index (χ1) is 4.63. The molecule has 5 heteroatoms. The quantitative estimate of drug-likeness (QED) is 0.366. The summed E-state index contributed by atoms with van der Waals surface area (Å²) in [6.07, 6.45) is -2.77. The summed E-state index contributed by atoms with van der Waals surface area (Å²) in [4.78, 5) is 0. The molecule has 10 heavy (non-hydrogen) atoms. The van der Waals surface area contributed by atoms with E-state index in [1.807, 2.05) is 0 Å². The molecule has 0 aromatic heterocycles. The molecular weight excluding hydrogens is 172 g/mol. The van der Waals surface area contributed by atoms with E-state index < -0.39 is 18.3 Å². The second-order valence-electron chi connectivity index (χ2n) is 2.27. The zero-order chi connectivity index (χ0) is 7.72. The van der Waals surface area contributed by atoms with Crippen LogP contribution in [0.4, 0.5) is 0 Å². The minimum Gasteiger partial charge on any atom is -0.389 e. The van der Waals surface area contributed by atoms with Gasteiger partial charge in [0.2, 0.25) is 0 Å². The maximum absolute atomic E-state index is 9.11. The summed E-state index contributed by atoms with van der Waals surface area (Å²) in [6.45, 7) is 0. The van der Waals surface area contributed by atoms with Crippen molar-refractivity contribution in [2.45, 2.75) is 22.9 Å². The Bertz CT molecular complexity index is 107. The number of thioether (sulfide) groups is 1. The fourth-order valence-electron chi connectivity index (χ4n) is 0.791. The maximum atomic E-state index is 9.11. The van der Waals surface area contributed by atoms with Gasteiger partial charge >= 0.3 is 0 Å². The zero-order valence-corrected chi connectivity index (χ0v) is 6.92. The molecule has 1 rings (SSSR count). The van der Waals surface area contributed by atoms with Gasteiger partial charge in [-0.15, -0.1) is 11.8 Å². The molecule has 0 saturated carbocycles. The minimum atomic E-state index is -1.04. The lowest BCUT2D eigenvalue weighted by atomic mass is 10.1. The third kappa shape index (κ3) is 1.60. The SMILES string of the molecule is O[C@@H]1[C@@H](O)[C@@H](S)SC[C@@H]1O. The fourth-order valence-corrected chi connectivity index (χ4v) is 2.17. The molecule has 0 radical (unpaired) electrons. The van der Waals surface area contributed by atoms with Gasteiger partial charge in [-0.2, -0.15) is 12.6 Å². The van der Waals surface area contributed by atoms with E-state index in [9.17, 15) is 0 Å². The lowest BCUT2D eigenvalue weighted by molar-refractivity contribution is -0.0472. The van der Waals surface area contributed by atoms with Crippen LogP contribution in [0.25, 0.3) is 0 Å². The van der Waals surface area contributed by atoms with E-state index in [2.05, 4.69) is 12.6 Å². The number of hydrogen-bond donors (Lipinski definition) is 4. The Morgan fingerprint density at radius 2 is 1.80 bits per heavy atom. The molecule has 0 bridgehead atoms. The van der Waals surface area contributed by atoms with Crippen LogP contribution in [0.2, 0.25) is 0 Å². The van der Waals surface area contributed by atoms with Crippen molar-refractivity contribution < 1.29 is 15.3 Å². The van der Waals surface area contributed by atoms with Gasteiger partial charge < -0.3 is 15.3 Å². The Labute approximate surface area is 68.9 Å². The van der Waals surface area contributed by atoms with Crippen LogP contribution >= 0.6 is 24.4 Å². The van der Waals surface area contributed by atoms with Crippen molar-refractivity contribution in [2.24, 2.45) is 0 Å². The van der Waals surface area contributed by atoms with Crippen LogP contribution in [0.1, 0.15) is 0 Å². The molecule has 60 valence electrons. The van der Waals surface area contributed by atoms with Crippen LogP contribution in [-0.4, -0.2) is 44.0 Å². The monoisotopic (exact) mass is 182 g/mol. The molecule has 1 aliphatic rings. The number of aliphatic hydroxyl groups is 3. The molecule has 4 atom stereocenters. The van der Waals surface area contributed by atoms with E-state index >= 15 is 0 Å². The van der Waals surface area contributed by atoms with E-state index in [4.69, 9.17) is 15.3 Å². The van der Waals surface area contributed by atoms with E-state index in [0.717, 1.165) is 0 Å². The largest absolute Gasteiger partial charge is 0.389 e. The Hall–Kier alpha value is 0.580. The standard InChI is InChI=1S/C5H10O3S2/c6-2-1-10-5(9)4(8)3(2)7/h2-9H,1H2/t2-,3-,4+,5-/m0/s1. The molecule has 0 aromatic carbocycles. The lowest BCUT2D eigenvalue weighted by Gasteiger charge is -2.31. The molecular formula is C5H10O3S2. The first-order valence-corrected chi connectivity index (χ1v) is 4.53. The summed E-state index contributed by atoms with van der Waals surface area (Å²) in [5.41, 5.74) is 0. The maximum Gasteiger partial charge on any atom is 0.108 e. The number of thiol groups is 1. The Kier molecular flexibility index (Phi) is 2.88.